The molecule has 0 saturated carbocycles. The maximum atomic E-state index is 13.0. The summed E-state index contributed by atoms with van der Waals surface area (Å²) in [5.41, 5.74) is 12.5. The quantitative estimate of drug-likeness (QED) is 0.328. The maximum absolute atomic E-state index is 13.0. The van der Waals surface area contributed by atoms with Gasteiger partial charge in [-0.1, -0.05) is 23.4 Å². The van der Waals surface area contributed by atoms with Crippen molar-refractivity contribution in [1.29, 1.82) is 0 Å². The van der Waals surface area contributed by atoms with Crippen LogP contribution in [0.2, 0.25) is 0 Å². The zero-order valence-electron chi connectivity index (χ0n) is 17.8. The van der Waals surface area contributed by atoms with Gasteiger partial charge in [0.05, 0.1) is 18.5 Å². The molecule has 5 rings (SSSR count). The Morgan fingerprint density at radius 2 is 2.21 bits per heavy atom. The minimum Gasteiger partial charge on any atom is -0.378 e. The van der Waals surface area contributed by atoms with E-state index >= 15 is 0 Å². The molecule has 1 aliphatic heterocycles. The lowest BCUT2D eigenvalue weighted by Gasteiger charge is -2.31. The van der Waals surface area contributed by atoms with Gasteiger partial charge in [-0.05, 0) is 58.7 Å². The fraction of sp³-hybridized carbons (Fsp3) is 0.238. The number of nitrogens with one attached hydrogen (secondary N) is 1. The topological polar surface area (TPSA) is 140 Å². The third kappa shape index (κ3) is 4.07. The zero-order valence-corrected chi connectivity index (χ0v) is 18.6. The second kappa shape index (κ2) is 8.82. The average molecular weight is 464 g/mol. The molecule has 0 unspecified atom stereocenters. The molecular formula is C21H21N9O2S. The van der Waals surface area contributed by atoms with Gasteiger partial charge in [-0.2, -0.15) is 9.78 Å². The van der Waals surface area contributed by atoms with Crippen molar-refractivity contribution >= 4 is 35.0 Å². The number of carbonyl (C=O) groups is 1. The van der Waals surface area contributed by atoms with Crippen molar-refractivity contribution in [2.75, 3.05) is 17.2 Å². The number of hydrogen-bond donors (Lipinski definition) is 2. The molecule has 1 aromatic carbocycles. The summed E-state index contributed by atoms with van der Waals surface area (Å²) >= 11 is 1.54. The highest BCUT2D eigenvalue weighted by Crippen LogP contribution is 2.29. The molecule has 168 valence electrons. The lowest BCUT2D eigenvalue weighted by Crippen LogP contribution is -2.31. The van der Waals surface area contributed by atoms with Gasteiger partial charge in [-0.3, -0.25) is 4.79 Å². The molecule has 12 heteroatoms. The van der Waals surface area contributed by atoms with Gasteiger partial charge in [0, 0.05) is 17.1 Å². The van der Waals surface area contributed by atoms with Crippen LogP contribution in [0.1, 0.15) is 38.6 Å². The molecule has 0 spiro atoms. The maximum Gasteiger partial charge on any atom is 0.293 e. The van der Waals surface area contributed by atoms with Crippen LogP contribution in [0.15, 0.2) is 45.4 Å². The molecule has 11 nitrogen and oxygen atoms in total. The molecule has 3 N–H and O–H groups in total. The molecule has 4 aromatic rings. The van der Waals surface area contributed by atoms with Crippen molar-refractivity contribution in [1.82, 2.24) is 30.7 Å². The van der Waals surface area contributed by atoms with Gasteiger partial charge in [0.25, 0.3) is 5.91 Å². The molecule has 0 fully saturated rings. The first kappa shape index (κ1) is 20.8. The van der Waals surface area contributed by atoms with E-state index < -0.39 is 5.91 Å². The van der Waals surface area contributed by atoms with Crippen LogP contribution >= 0.6 is 11.3 Å². The number of anilines is 2. The Bertz CT molecular complexity index is 1320. The number of benzene rings is 1. The highest BCUT2D eigenvalue weighted by molar-refractivity contribution is 7.11. The Hall–Kier alpha value is -4.06. The van der Waals surface area contributed by atoms with Crippen molar-refractivity contribution in [3.63, 3.8) is 0 Å². The van der Waals surface area contributed by atoms with Crippen molar-refractivity contribution in [2.24, 2.45) is 5.10 Å². The highest BCUT2D eigenvalue weighted by Gasteiger charge is 2.27. The fourth-order valence-corrected chi connectivity index (χ4v) is 4.59. The summed E-state index contributed by atoms with van der Waals surface area (Å²) in [5.74, 6) is -0.250. The number of carbonyl (C=O) groups excluding carboxylic acids is 1. The number of amides is 1. The van der Waals surface area contributed by atoms with Crippen LogP contribution in [0.3, 0.4) is 0 Å². The number of fused-ring (bicyclic) bond motifs is 1. The van der Waals surface area contributed by atoms with Crippen LogP contribution in [-0.4, -0.2) is 44.0 Å². The van der Waals surface area contributed by atoms with E-state index in [1.807, 2.05) is 30.5 Å². The number of rotatable bonds is 6. The summed E-state index contributed by atoms with van der Waals surface area (Å²) in [5, 5.41) is 21.7. The number of aryl methyl sites for hydroxylation is 2. The molecular weight excluding hydrogens is 442 g/mol. The molecule has 0 saturated heterocycles. The number of para-hydroxylation sites is 1. The first-order chi connectivity index (χ1) is 16.1. The molecule has 0 atom stereocenters. The van der Waals surface area contributed by atoms with E-state index in [2.05, 4.69) is 48.2 Å². The Morgan fingerprint density at radius 1 is 1.33 bits per heavy atom. The number of nitrogen functional groups attached to an aromatic ring is 1. The Labute approximate surface area is 192 Å². The monoisotopic (exact) mass is 463 g/mol. The van der Waals surface area contributed by atoms with E-state index in [4.69, 9.17) is 10.4 Å². The number of hydrazone groups is 1. The lowest BCUT2D eigenvalue weighted by atomic mass is 10.0. The zero-order chi connectivity index (χ0) is 22.8. The molecule has 3 aromatic heterocycles. The van der Waals surface area contributed by atoms with E-state index in [0.717, 1.165) is 35.5 Å². The van der Waals surface area contributed by atoms with Crippen LogP contribution in [0, 0.1) is 6.92 Å². The van der Waals surface area contributed by atoms with Crippen molar-refractivity contribution in [2.45, 2.75) is 26.3 Å². The fourth-order valence-electron chi connectivity index (χ4n) is 3.80. The highest BCUT2D eigenvalue weighted by atomic mass is 32.1. The third-order valence-corrected chi connectivity index (χ3v) is 6.42. The summed E-state index contributed by atoms with van der Waals surface area (Å²) in [7, 11) is 0. The van der Waals surface area contributed by atoms with Gasteiger partial charge >= 0.3 is 0 Å². The Balaban J connectivity index is 1.47. The molecule has 33 heavy (non-hydrogen) atoms. The van der Waals surface area contributed by atoms with Gasteiger partial charge in [0.2, 0.25) is 11.6 Å². The first-order valence-electron chi connectivity index (χ1n) is 10.3. The smallest absolute Gasteiger partial charge is 0.293 e. The number of hydrogen-bond acceptors (Lipinski definition) is 10. The van der Waals surface area contributed by atoms with E-state index in [1.165, 1.54) is 10.2 Å². The number of nitrogens with zero attached hydrogens (tertiary/aromatic N) is 7. The number of aromatic nitrogens is 5. The van der Waals surface area contributed by atoms with Crippen molar-refractivity contribution in [3.05, 3.63) is 63.1 Å². The number of nitrogens with two attached hydrogens (primary N) is 1. The normalized spacial score (nSPS) is 13.4. The molecule has 1 aliphatic rings. The predicted octanol–water partition coefficient (Wildman–Crippen LogP) is 2.32. The summed E-state index contributed by atoms with van der Waals surface area (Å²) < 4.78 is 6.13. The van der Waals surface area contributed by atoms with Gasteiger partial charge in [0.15, 0.2) is 5.69 Å². The van der Waals surface area contributed by atoms with E-state index in [9.17, 15) is 4.79 Å². The van der Waals surface area contributed by atoms with Gasteiger partial charge in [-0.15, -0.1) is 16.4 Å². The van der Waals surface area contributed by atoms with E-state index in [-0.39, 0.29) is 17.3 Å². The van der Waals surface area contributed by atoms with Crippen LogP contribution in [-0.2, 0) is 13.0 Å². The summed E-state index contributed by atoms with van der Waals surface area (Å²) in [4.78, 5) is 16.1. The van der Waals surface area contributed by atoms with Gasteiger partial charge in [0.1, 0.15) is 0 Å². The lowest BCUT2D eigenvalue weighted by molar-refractivity contribution is 0.0949. The first-order valence-corrected chi connectivity index (χ1v) is 11.2. The van der Waals surface area contributed by atoms with Crippen LogP contribution in [0.25, 0.3) is 5.82 Å². The van der Waals surface area contributed by atoms with Gasteiger partial charge in [-0.25, -0.2) is 10.1 Å². The molecule has 0 aliphatic carbocycles. The van der Waals surface area contributed by atoms with Crippen LogP contribution in [0.5, 0.6) is 0 Å². The Kier molecular flexibility index (Phi) is 5.57. The SMILES string of the molecule is Cc1ccsc1/C=N/NC(=O)c1nnn(-c2nonc2N)c1CN1CCCc2ccccc21. The van der Waals surface area contributed by atoms with Crippen molar-refractivity contribution in [3.8, 4) is 5.82 Å². The molecule has 0 radical (unpaired) electrons. The molecule has 1 amide bonds. The minimum absolute atomic E-state index is 0.0540. The standard InChI is InChI=1S/C21H21N9O2S/c1-13-8-10-33-17(13)11-23-25-21(31)18-16(30(28-24-18)20-19(22)26-32-27-20)12-29-9-4-6-14-5-2-3-7-15(14)29/h2-3,5,7-8,10-11H,4,6,9,12H2,1H3,(H2,22,26)(H,25,31)/b23-11+. The summed E-state index contributed by atoms with van der Waals surface area (Å²) in [6, 6.07) is 10.2. The molecule has 0 bridgehead atoms. The Morgan fingerprint density at radius 3 is 3.00 bits per heavy atom. The second-order valence-corrected chi connectivity index (χ2v) is 8.54. The van der Waals surface area contributed by atoms with E-state index in [1.54, 1.807) is 17.6 Å². The summed E-state index contributed by atoms with van der Waals surface area (Å²) in [6.45, 7) is 3.18. The second-order valence-electron chi connectivity index (χ2n) is 7.59. The van der Waals surface area contributed by atoms with Crippen molar-refractivity contribution < 1.29 is 9.42 Å². The predicted molar refractivity (Wildman–Crippen MR) is 124 cm³/mol. The number of thiophene rings is 1. The third-order valence-electron chi connectivity index (χ3n) is 5.47. The summed E-state index contributed by atoms with van der Waals surface area (Å²) in [6.07, 6.45) is 3.62. The van der Waals surface area contributed by atoms with Crippen LogP contribution in [0.4, 0.5) is 11.5 Å². The van der Waals surface area contributed by atoms with Gasteiger partial charge < -0.3 is 10.6 Å². The van der Waals surface area contributed by atoms with Crippen LogP contribution < -0.4 is 16.1 Å². The minimum atomic E-state index is -0.484. The largest absolute Gasteiger partial charge is 0.378 e. The average Bonchev–Trinajstić information content (AvgIpc) is 3.54. The molecule has 4 heterocycles. The van der Waals surface area contributed by atoms with E-state index in [0.29, 0.717) is 12.2 Å².